The number of pyridine rings is 1. The summed E-state index contributed by atoms with van der Waals surface area (Å²) in [6, 6.07) is 11.6. The third-order valence-corrected chi connectivity index (χ3v) is 8.87. The summed E-state index contributed by atoms with van der Waals surface area (Å²) in [7, 11) is 0. The summed E-state index contributed by atoms with van der Waals surface area (Å²) in [4.78, 5) is 38.3. The number of amides is 1. The van der Waals surface area contributed by atoms with Gasteiger partial charge in [0.15, 0.2) is 0 Å². The molecule has 0 radical (unpaired) electrons. The Morgan fingerprint density at radius 3 is 1.98 bits per heavy atom. The number of aromatic carboxylic acids is 1. The van der Waals surface area contributed by atoms with Gasteiger partial charge in [0.2, 0.25) is 5.91 Å². The second-order valence-corrected chi connectivity index (χ2v) is 12.3. The summed E-state index contributed by atoms with van der Waals surface area (Å²) < 4.78 is 0. The van der Waals surface area contributed by atoms with Gasteiger partial charge in [-0.3, -0.25) is 14.6 Å². The molecule has 1 aromatic carbocycles. The van der Waals surface area contributed by atoms with Gasteiger partial charge in [0, 0.05) is 63.5 Å². The van der Waals surface area contributed by atoms with E-state index >= 15 is 0 Å². The van der Waals surface area contributed by atoms with Crippen LogP contribution in [0.3, 0.4) is 0 Å². The lowest BCUT2D eigenvalue weighted by molar-refractivity contribution is -0.133. The smallest absolute Gasteiger partial charge is 0.339 e. The van der Waals surface area contributed by atoms with Crippen molar-refractivity contribution in [2.75, 3.05) is 44.2 Å². The van der Waals surface area contributed by atoms with Crippen molar-refractivity contribution in [3.63, 3.8) is 0 Å². The number of anilines is 1. The van der Waals surface area contributed by atoms with Gasteiger partial charge >= 0.3 is 5.97 Å². The molecule has 0 bridgehead atoms. The normalized spacial score (nSPS) is 19.4. The Morgan fingerprint density at radius 1 is 0.902 bits per heavy atom. The molecule has 41 heavy (non-hydrogen) atoms. The maximum absolute atomic E-state index is 12.4. The molecule has 4 rings (SSSR count). The van der Waals surface area contributed by atoms with E-state index in [1.54, 1.807) is 6.20 Å². The minimum atomic E-state index is -0.899. The number of benzene rings is 1. The number of carbonyl (C=O) groups is 2. The van der Waals surface area contributed by atoms with Gasteiger partial charge in [0.25, 0.3) is 0 Å². The number of hydrogen-bond acceptors (Lipinski definition) is 6. The van der Waals surface area contributed by atoms with E-state index < -0.39 is 5.97 Å². The monoisotopic (exact) mass is 563 g/mol. The van der Waals surface area contributed by atoms with E-state index in [0.29, 0.717) is 23.5 Å². The molecule has 2 atom stereocenters. The van der Waals surface area contributed by atoms with Gasteiger partial charge in [-0.25, -0.2) is 9.78 Å². The van der Waals surface area contributed by atoms with Crippen LogP contribution in [0.2, 0.25) is 0 Å². The van der Waals surface area contributed by atoms with Crippen LogP contribution in [0.5, 0.6) is 0 Å². The number of likely N-dealkylation sites (tertiary alicyclic amines) is 1. The number of carbonyl (C=O) groups excluding carboxylic acids is 1. The van der Waals surface area contributed by atoms with Crippen molar-refractivity contribution in [2.24, 2.45) is 5.92 Å². The number of nitrogens with zero attached hydrogens (tertiary/aromatic N) is 5. The van der Waals surface area contributed by atoms with Crippen molar-refractivity contribution in [3.05, 3.63) is 58.8 Å². The molecule has 2 aromatic rings. The predicted molar refractivity (Wildman–Crippen MR) is 164 cm³/mol. The lowest BCUT2D eigenvalue weighted by Crippen LogP contribution is -2.39. The molecule has 1 aromatic heterocycles. The SMILES string of the molecule is CCN(Cc1ccc(CN(CC)[C@@H]2CCN(c3nccc(C(C)C)c3C(=O)O)C2)cc1)[C@@H]1CCN(C(=O)C(C)C)C1. The Kier molecular flexibility index (Phi) is 10.4. The average Bonchev–Trinajstić information content (AvgIpc) is 3.65. The molecule has 2 aliphatic heterocycles. The third kappa shape index (κ3) is 7.28. The van der Waals surface area contributed by atoms with Crippen LogP contribution < -0.4 is 4.90 Å². The van der Waals surface area contributed by atoms with Crippen LogP contribution >= 0.6 is 0 Å². The number of carboxylic acids is 1. The van der Waals surface area contributed by atoms with Gasteiger partial charge in [-0.2, -0.15) is 0 Å². The van der Waals surface area contributed by atoms with E-state index in [0.717, 1.165) is 70.8 Å². The van der Waals surface area contributed by atoms with Crippen molar-refractivity contribution in [2.45, 2.75) is 85.5 Å². The minimum Gasteiger partial charge on any atom is -0.478 e. The van der Waals surface area contributed by atoms with Gasteiger partial charge in [0.05, 0.1) is 0 Å². The maximum atomic E-state index is 12.4. The lowest BCUT2D eigenvalue weighted by Gasteiger charge is -2.29. The first-order valence-electron chi connectivity index (χ1n) is 15.4. The average molecular weight is 564 g/mol. The molecule has 0 unspecified atom stereocenters. The lowest BCUT2D eigenvalue weighted by atomic mass is 9.98. The molecule has 0 saturated carbocycles. The first-order valence-corrected chi connectivity index (χ1v) is 15.4. The van der Waals surface area contributed by atoms with Crippen molar-refractivity contribution in [1.29, 1.82) is 0 Å². The van der Waals surface area contributed by atoms with Gasteiger partial charge in [-0.1, -0.05) is 65.8 Å². The maximum Gasteiger partial charge on any atom is 0.339 e. The highest BCUT2D eigenvalue weighted by Gasteiger charge is 2.32. The number of hydrogen-bond donors (Lipinski definition) is 1. The van der Waals surface area contributed by atoms with Crippen LogP contribution in [-0.2, 0) is 17.9 Å². The molecule has 224 valence electrons. The Hall–Kier alpha value is -2.97. The quantitative estimate of drug-likeness (QED) is 0.386. The molecule has 2 fully saturated rings. The molecule has 8 nitrogen and oxygen atoms in total. The van der Waals surface area contributed by atoms with Crippen molar-refractivity contribution >= 4 is 17.7 Å². The highest BCUT2D eigenvalue weighted by molar-refractivity contribution is 5.95. The van der Waals surface area contributed by atoms with Gasteiger partial charge in [0.1, 0.15) is 11.4 Å². The molecule has 8 heteroatoms. The fourth-order valence-electron chi connectivity index (χ4n) is 6.46. The number of aromatic nitrogens is 1. The molecule has 3 heterocycles. The standard InChI is InChI=1S/C33H49N5O3/c1-7-35(27-14-17-37(21-27)31-30(33(40)41)29(23(3)4)13-16-34-31)19-25-9-11-26(12-10-25)20-36(8-2)28-15-18-38(22-28)32(39)24(5)6/h9-13,16,23-24,27-28H,7-8,14-15,17-22H2,1-6H3,(H,40,41)/t27-,28-/m1/s1. The summed E-state index contributed by atoms with van der Waals surface area (Å²) >= 11 is 0. The summed E-state index contributed by atoms with van der Waals surface area (Å²) in [6.45, 7) is 19.4. The van der Waals surface area contributed by atoms with E-state index in [-0.39, 0.29) is 17.7 Å². The topological polar surface area (TPSA) is 80.2 Å². The highest BCUT2D eigenvalue weighted by atomic mass is 16.4. The molecule has 2 saturated heterocycles. The molecule has 1 N–H and O–H groups in total. The van der Waals surface area contributed by atoms with E-state index in [1.165, 1.54) is 11.1 Å². The van der Waals surface area contributed by atoms with E-state index in [2.05, 4.69) is 57.8 Å². The molecule has 1 amide bonds. The Bertz CT molecular complexity index is 1180. The zero-order valence-electron chi connectivity index (χ0n) is 25.8. The molecular formula is C33H49N5O3. The van der Waals surface area contributed by atoms with Crippen molar-refractivity contribution in [1.82, 2.24) is 19.7 Å². The molecule has 2 aliphatic rings. The van der Waals surface area contributed by atoms with Crippen molar-refractivity contribution in [3.8, 4) is 0 Å². The first kappa shape index (κ1) is 31.0. The van der Waals surface area contributed by atoms with Gasteiger partial charge < -0.3 is 14.9 Å². The van der Waals surface area contributed by atoms with Crippen LogP contribution in [0.1, 0.15) is 87.4 Å². The Balaban J connectivity index is 1.36. The number of carboxylic acid groups (broad SMARTS) is 1. The third-order valence-electron chi connectivity index (χ3n) is 8.87. The highest BCUT2D eigenvalue weighted by Crippen LogP contribution is 2.30. The van der Waals surface area contributed by atoms with Crippen molar-refractivity contribution < 1.29 is 14.7 Å². The molecule has 0 aliphatic carbocycles. The van der Waals surface area contributed by atoms with Crippen LogP contribution in [0.4, 0.5) is 5.82 Å². The van der Waals surface area contributed by atoms with E-state index in [4.69, 9.17) is 0 Å². The summed E-state index contributed by atoms with van der Waals surface area (Å²) in [5.41, 5.74) is 3.78. The minimum absolute atomic E-state index is 0.0568. The first-order chi connectivity index (χ1) is 19.6. The zero-order valence-corrected chi connectivity index (χ0v) is 25.8. The Labute approximate surface area is 246 Å². The molecule has 0 spiro atoms. The number of likely N-dealkylation sites (N-methyl/N-ethyl adjacent to an activating group) is 2. The fourth-order valence-corrected chi connectivity index (χ4v) is 6.46. The molecular weight excluding hydrogens is 514 g/mol. The van der Waals surface area contributed by atoms with E-state index in [1.807, 2.05) is 38.7 Å². The van der Waals surface area contributed by atoms with Gasteiger partial charge in [-0.15, -0.1) is 0 Å². The fraction of sp³-hybridized carbons (Fsp3) is 0.606. The van der Waals surface area contributed by atoms with E-state index in [9.17, 15) is 14.7 Å². The summed E-state index contributed by atoms with van der Waals surface area (Å²) in [6.07, 6.45) is 3.78. The predicted octanol–water partition coefficient (Wildman–Crippen LogP) is 5.08. The van der Waals surface area contributed by atoms with Crippen LogP contribution in [0.15, 0.2) is 36.5 Å². The van der Waals surface area contributed by atoms with Crippen LogP contribution in [0.25, 0.3) is 0 Å². The summed E-state index contributed by atoms with van der Waals surface area (Å²) in [5.74, 6) is 0.153. The van der Waals surface area contributed by atoms with Gasteiger partial charge in [-0.05, 0) is 54.6 Å². The zero-order chi connectivity index (χ0) is 29.7. The van der Waals surface area contributed by atoms with Crippen LogP contribution in [-0.4, -0.2) is 88.0 Å². The second-order valence-electron chi connectivity index (χ2n) is 12.3. The largest absolute Gasteiger partial charge is 0.478 e. The summed E-state index contributed by atoms with van der Waals surface area (Å²) in [5, 5.41) is 9.98. The number of rotatable bonds is 12. The second kappa shape index (κ2) is 13.8. The van der Waals surface area contributed by atoms with Crippen LogP contribution in [0, 0.1) is 5.92 Å². The Morgan fingerprint density at radius 2 is 1.46 bits per heavy atom.